The Balaban J connectivity index is 2.03. The minimum atomic E-state index is 0.00302. The predicted octanol–water partition coefficient (Wildman–Crippen LogP) is 2.63. The number of amides is 1. The molecule has 0 bridgehead atoms. The van der Waals surface area contributed by atoms with Gasteiger partial charge in [-0.1, -0.05) is 34.1 Å². The van der Waals surface area contributed by atoms with E-state index in [0.29, 0.717) is 23.7 Å². The number of ether oxygens (including phenoxy) is 1. The summed E-state index contributed by atoms with van der Waals surface area (Å²) >= 11 is 0. The minimum Gasteiger partial charge on any atom is -0.381 e. The standard InChI is InChI=1S/C17H32N2O2/c1-5-13(4)16-17(20)19(15(18-16)9-12(2)3)10-14-7-6-8-21-11-14/h12-16,18H,5-11H2,1-4H3. The molecule has 4 nitrogen and oxygen atoms in total. The average Bonchev–Trinajstić information content (AvgIpc) is 2.76. The highest BCUT2D eigenvalue weighted by molar-refractivity contribution is 5.84. The first kappa shape index (κ1) is 16.8. The molecule has 0 aromatic carbocycles. The van der Waals surface area contributed by atoms with Crippen molar-refractivity contribution in [2.24, 2.45) is 17.8 Å². The van der Waals surface area contributed by atoms with Gasteiger partial charge in [0.15, 0.2) is 0 Å². The Kier molecular flexibility index (Phi) is 6.06. The highest BCUT2D eigenvalue weighted by Crippen LogP contribution is 2.26. The number of nitrogens with one attached hydrogen (secondary N) is 1. The van der Waals surface area contributed by atoms with Crippen LogP contribution in [0.1, 0.15) is 53.4 Å². The van der Waals surface area contributed by atoms with E-state index in [0.717, 1.165) is 39.0 Å². The van der Waals surface area contributed by atoms with Gasteiger partial charge in [0.25, 0.3) is 0 Å². The molecule has 2 aliphatic heterocycles. The second-order valence-corrected chi connectivity index (χ2v) is 7.25. The van der Waals surface area contributed by atoms with Crippen molar-refractivity contribution in [3.63, 3.8) is 0 Å². The van der Waals surface area contributed by atoms with E-state index in [4.69, 9.17) is 4.74 Å². The summed E-state index contributed by atoms with van der Waals surface area (Å²) in [5.74, 6) is 1.81. The zero-order valence-electron chi connectivity index (χ0n) is 14.1. The molecule has 2 saturated heterocycles. The number of carbonyl (C=O) groups excluding carboxylic acids is 1. The van der Waals surface area contributed by atoms with Crippen molar-refractivity contribution in [3.05, 3.63) is 0 Å². The zero-order valence-corrected chi connectivity index (χ0v) is 14.1. The Morgan fingerprint density at radius 3 is 2.71 bits per heavy atom. The average molecular weight is 296 g/mol. The first-order valence-corrected chi connectivity index (χ1v) is 8.67. The van der Waals surface area contributed by atoms with Gasteiger partial charge in [0.2, 0.25) is 5.91 Å². The van der Waals surface area contributed by atoms with E-state index in [9.17, 15) is 4.79 Å². The van der Waals surface area contributed by atoms with Crippen LogP contribution in [0.25, 0.3) is 0 Å². The molecule has 0 spiro atoms. The molecule has 4 atom stereocenters. The molecule has 0 aromatic rings. The van der Waals surface area contributed by atoms with Crippen molar-refractivity contribution in [1.82, 2.24) is 10.2 Å². The Morgan fingerprint density at radius 2 is 2.14 bits per heavy atom. The SMILES string of the molecule is CCC(C)C1NC(CC(C)C)N(CC2CCCOC2)C1=O. The van der Waals surface area contributed by atoms with Gasteiger partial charge in [0.05, 0.1) is 18.8 Å². The molecular formula is C17H32N2O2. The van der Waals surface area contributed by atoms with Crippen molar-refractivity contribution >= 4 is 5.91 Å². The molecule has 0 aromatic heterocycles. The maximum atomic E-state index is 12.8. The number of hydrogen-bond acceptors (Lipinski definition) is 3. The van der Waals surface area contributed by atoms with Crippen molar-refractivity contribution in [3.8, 4) is 0 Å². The first-order chi connectivity index (χ1) is 10.0. The summed E-state index contributed by atoms with van der Waals surface area (Å²) in [4.78, 5) is 14.9. The molecule has 2 heterocycles. The van der Waals surface area contributed by atoms with Crippen LogP contribution in [-0.4, -0.2) is 42.8 Å². The number of nitrogens with zero attached hydrogens (tertiary/aromatic N) is 1. The molecule has 0 aliphatic carbocycles. The van der Waals surface area contributed by atoms with Crippen LogP contribution in [0.5, 0.6) is 0 Å². The van der Waals surface area contributed by atoms with Gasteiger partial charge in [-0.25, -0.2) is 0 Å². The second-order valence-electron chi connectivity index (χ2n) is 7.25. The Labute approximate surface area is 129 Å². The van der Waals surface area contributed by atoms with Gasteiger partial charge in [-0.15, -0.1) is 0 Å². The van der Waals surface area contributed by atoms with Crippen molar-refractivity contribution in [1.29, 1.82) is 0 Å². The largest absolute Gasteiger partial charge is 0.381 e. The summed E-state index contributed by atoms with van der Waals surface area (Å²) in [7, 11) is 0. The molecule has 1 amide bonds. The minimum absolute atomic E-state index is 0.00302. The molecule has 4 heteroatoms. The summed E-state index contributed by atoms with van der Waals surface area (Å²) in [6, 6.07) is 0.00302. The highest BCUT2D eigenvalue weighted by Gasteiger charge is 2.41. The van der Waals surface area contributed by atoms with Crippen LogP contribution in [-0.2, 0) is 9.53 Å². The van der Waals surface area contributed by atoms with Crippen molar-refractivity contribution < 1.29 is 9.53 Å². The fraction of sp³-hybridized carbons (Fsp3) is 0.941. The summed E-state index contributed by atoms with van der Waals surface area (Å²) < 4.78 is 5.58. The fourth-order valence-corrected chi connectivity index (χ4v) is 3.43. The maximum Gasteiger partial charge on any atom is 0.241 e. The molecule has 122 valence electrons. The molecule has 4 unspecified atom stereocenters. The van der Waals surface area contributed by atoms with Gasteiger partial charge in [-0.2, -0.15) is 0 Å². The van der Waals surface area contributed by atoms with Crippen LogP contribution in [0, 0.1) is 17.8 Å². The molecule has 0 radical (unpaired) electrons. The smallest absolute Gasteiger partial charge is 0.241 e. The molecule has 2 aliphatic rings. The Morgan fingerprint density at radius 1 is 1.38 bits per heavy atom. The molecule has 2 rings (SSSR count). The van der Waals surface area contributed by atoms with E-state index in [-0.39, 0.29) is 12.2 Å². The number of rotatable bonds is 6. The van der Waals surface area contributed by atoms with Crippen molar-refractivity contribution in [2.75, 3.05) is 19.8 Å². The van der Waals surface area contributed by atoms with Gasteiger partial charge in [0.1, 0.15) is 0 Å². The van der Waals surface area contributed by atoms with E-state index in [1.54, 1.807) is 0 Å². The van der Waals surface area contributed by atoms with E-state index in [1.165, 1.54) is 6.42 Å². The third kappa shape index (κ3) is 4.19. The van der Waals surface area contributed by atoms with Gasteiger partial charge in [-0.3, -0.25) is 10.1 Å². The first-order valence-electron chi connectivity index (χ1n) is 8.67. The Hall–Kier alpha value is -0.610. The van der Waals surface area contributed by atoms with Crippen LogP contribution in [0.15, 0.2) is 0 Å². The van der Waals surface area contributed by atoms with Crippen LogP contribution in [0.3, 0.4) is 0 Å². The van der Waals surface area contributed by atoms with E-state index in [2.05, 4.69) is 37.9 Å². The van der Waals surface area contributed by atoms with E-state index < -0.39 is 0 Å². The summed E-state index contributed by atoms with van der Waals surface area (Å²) in [5.41, 5.74) is 0. The molecule has 21 heavy (non-hydrogen) atoms. The highest BCUT2D eigenvalue weighted by atomic mass is 16.5. The Bertz CT molecular complexity index is 340. The quantitative estimate of drug-likeness (QED) is 0.819. The van der Waals surface area contributed by atoms with Crippen LogP contribution in [0.4, 0.5) is 0 Å². The third-order valence-electron chi connectivity index (χ3n) is 4.91. The normalized spacial score (nSPS) is 32.0. The van der Waals surface area contributed by atoms with Gasteiger partial charge in [-0.05, 0) is 31.1 Å². The number of carbonyl (C=O) groups is 1. The lowest BCUT2D eigenvalue weighted by Gasteiger charge is -2.31. The van der Waals surface area contributed by atoms with Gasteiger partial charge < -0.3 is 9.64 Å². The van der Waals surface area contributed by atoms with Crippen molar-refractivity contribution in [2.45, 2.75) is 65.6 Å². The third-order valence-corrected chi connectivity index (χ3v) is 4.91. The predicted molar refractivity (Wildman–Crippen MR) is 84.9 cm³/mol. The second kappa shape index (κ2) is 7.59. The number of hydrogen-bond donors (Lipinski definition) is 1. The topological polar surface area (TPSA) is 41.6 Å². The van der Waals surface area contributed by atoms with Gasteiger partial charge >= 0.3 is 0 Å². The summed E-state index contributed by atoms with van der Waals surface area (Å²) in [5, 5.41) is 3.60. The fourth-order valence-electron chi connectivity index (χ4n) is 3.43. The van der Waals surface area contributed by atoms with Crippen LogP contribution in [0.2, 0.25) is 0 Å². The molecular weight excluding hydrogens is 264 g/mol. The molecule has 0 saturated carbocycles. The summed E-state index contributed by atoms with van der Waals surface area (Å²) in [6.07, 6.45) is 4.60. The molecule has 1 N–H and O–H groups in total. The van der Waals surface area contributed by atoms with E-state index in [1.807, 2.05) is 0 Å². The maximum absolute atomic E-state index is 12.8. The van der Waals surface area contributed by atoms with Crippen LogP contribution < -0.4 is 5.32 Å². The molecule has 2 fully saturated rings. The monoisotopic (exact) mass is 296 g/mol. The lowest BCUT2D eigenvalue weighted by molar-refractivity contribution is -0.132. The van der Waals surface area contributed by atoms with Crippen LogP contribution >= 0.6 is 0 Å². The lowest BCUT2D eigenvalue weighted by atomic mass is 9.98. The summed E-state index contributed by atoms with van der Waals surface area (Å²) in [6.45, 7) is 11.3. The van der Waals surface area contributed by atoms with E-state index >= 15 is 0 Å². The van der Waals surface area contributed by atoms with Gasteiger partial charge in [0, 0.05) is 19.1 Å². The lowest BCUT2D eigenvalue weighted by Crippen LogP contribution is -2.42. The zero-order chi connectivity index (χ0) is 15.4.